The minimum absolute atomic E-state index is 0.0266. The lowest BCUT2D eigenvalue weighted by Gasteiger charge is -1.92. The smallest absolute Gasteiger partial charge is 0.295 e. The van der Waals surface area contributed by atoms with Gasteiger partial charge in [-0.05, 0) is 6.07 Å². The molecule has 1 rings (SSSR count). The van der Waals surface area contributed by atoms with Crippen molar-refractivity contribution in [1.29, 1.82) is 5.41 Å². The molecule has 0 unspecified atom stereocenters. The maximum absolute atomic E-state index is 6.91. The maximum Gasteiger partial charge on any atom is 0.295 e. The molecule has 0 bridgehead atoms. The van der Waals surface area contributed by atoms with Crippen molar-refractivity contribution in [2.24, 2.45) is 5.73 Å². The Bertz CT molecular complexity index is 218. The largest absolute Gasteiger partial charge is 0.338 e. The highest BCUT2D eigenvalue weighted by atomic mass is 15.1. The molecular weight excluding hydrogens is 128 g/mol. The standard InChI is InChI=1S/C6H8N4/c7-6(8)10-5-3-1-2-4-9-5/h1-4H,(H4,7,8,9,10)/p+1. The highest BCUT2D eigenvalue weighted by Crippen LogP contribution is 1.88. The molecule has 5 N–H and O–H groups in total. The van der Waals surface area contributed by atoms with E-state index in [0.29, 0.717) is 0 Å². The lowest BCUT2D eigenvalue weighted by Crippen LogP contribution is -2.85. The monoisotopic (exact) mass is 137 g/mol. The molecule has 0 atom stereocenters. The Morgan fingerprint density at radius 2 is 2.40 bits per heavy atom. The number of hydrogen-bond acceptors (Lipinski definition) is 2. The minimum atomic E-state index is 0.0266. The number of quaternary nitrogens is 1. The van der Waals surface area contributed by atoms with Gasteiger partial charge in [0.25, 0.3) is 5.96 Å². The first-order valence-corrected chi connectivity index (χ1v) is 2.89. The highest BCUT2D eigenvalue weighted by Gasteiger charge is 1.96. The van der Waals surface area contributed by atoms with E-state index in [4.69, 9.17) is 11.1 Å². The van der Waals surface area contributed by atoms with Crippen molar-refractivity contribution < 1.29 is 5.32 Å². The molecule has 0 amide bonds. The topological polar surface area (TPSA) is 79.4 Å². The predicted molar refractivity (Wildman–Crippen MR) is 37.7 cm³/mol. The SMILES string of the molecule is N=C(N)[NH2+]c1ccccn1. The molecule has 0 aliphatic heterocycles. The quantitative estimate of drug-likeness (QED) is 0.349. The van der Waals surface area contributed by atoms with E-state index in [1.165, 1.54) is 5.32 Å². The van der Waals surface area contributed by atoms with Crippen LogP contribution in [0.15, 0.2) is 24.4 Å². The van der Waals surface area contributed by atoms with Crippen LogP contribution in [0.1, 0.15) is 0 Å². The molecule has 0 saturated carbocycles. The summed E-state index contributed by atoms with van der Waals surface area (Å²) in [5.41, 5.74) is 5.11. The summed E-state index contributed by atoms with van der Waals surface area (Å²) in [7, 11) is 0. The van der Waals surface area contributed by atoms with Crippen LogP contribution in [0, 0.1) is 5.41 Å². The molecule has 0 aliphatic rings. The van der Waals surface area contributed by atoms with Crippen LogP contribution in [0.25, 0.3) is 0 Å². The molecule has 0 aromatic carbocycles. The zero-order valence-corrected chi connectivity index (χ0v) is 5.41. The summed E-state index contributed by atoms with van der Waals surface area (Å²) < 4.78 is 0. The maximum atomic E-state index is 6.91. The Kier molecular flexibility index (Phi) is 1.96. The minimum Gasteiger partial charge on any atom is -0.338 e. The van der Waals surface area contributed by atoms with Crippen molar-refractivity contribution in [3.63, 3.8) is 0 Å². The van der Waals surface area contributed by atoms with Crippen molar-refractivity contribution >= 4 is 11.8 Å². The molecule has 0 fully saturated rings. The van der Waals surface area contributed by atoms with E-state index < -0.39 is 0 Å². The molecule has 0 radical (unpaired) electrons. The summed E-state index contributed by atoms with van der Waals surface area (Å²) in [6.07, 6.45) is 1.66. The summed E-state index contributed by atoms with van der Waals surface area (Å²) in [6, 6.07) is 5.46. The van der Waals surface area contributed by atoms with E-state index in [-0.39, 0.29) is 5.96 Å². The summed E-state index contributed by atoms with van der Waals surface area (Å²) in [5, 5.41) is 8.41. The van der Waals surface area contributed by atoms with E-state index in [0.717, 1.165) is 5.82 Å². The number of nitrogens with one attached hydrogen (secondary N) is 1. The number of hydrogen-bond donors (Lipinski definition) is 3. The van der Waals surface area contributed by atoms with E-state index in [1.807, 2.05) is 12.1 Å². The molecule has 1 aromatic rings. The van der Waals surface area contributed by atoms with Gasteiger partial charge >= 0.3 is 0 Å². The second-order valence-corrected chi connectivity index (χ2v) is 1.85. The molecule has 1 aromatic heterocycles. The molecular formula is C6H9N4+. The van der Waals surface area contributed by atoms with Gasteiger partial charge in [0.05, 0.1) is 0 Å². The molecule has 4 nitrogen and oxygen atoms in total. The summed E-state index contributed by atoms with van der Waals surface area (Å²) >= 11 is 0. The second-order valence-electron chi connectivity index (χ2n) is 1.85. The van der Waals surface area contributed by atoms with E-state index in [1.54, 1.807) is 12.3 Å². The van der Waals surface area contributed by atoms with Crippen LogP contribution in [-0.4, -0.2) is 10.9 Å². The van der Waals surface area contributed by atoms with E-state index >= 15 is 0 Å². The fraction of sp³-hybridized carbons (Fsp3) is 0. The lowest BCUT2D eigenvalue weighted by molar-refractivity contribution is -0.451. The van der Waals surface area contributed by atoms with Gasteiger partial charge in [0, 0.05) is 12.3 Å². The average Bonchev–Trinajstić information content (AvgIpc) is 1.88. The van der Waals surface area contributed by atoms with Crippen LogP contribution in [0.3, 0.4) is 0 Å². The van der Waals surface area contributed by atoms with Crippen LogP contribution >= 0.6 is 0 Å². The summed E-state index contributed by atoms with van der Waals surface area (Å²) in [5.74, 6) is 0.744. The van der Waals surface area contributed by atoms with Crippen molar-refractivity contribution in [2.45, 2.75) is 0 Å². The first kappa shape index (κ1) is 6.70. The van der Waals surface area contributed by atoms with Crippen molar-refractivity contribution in [3.8, 4) is 0 Å². The van der Waals surface area contributed by atoms with Crippen LogP contribution < -0.4 is 11.1 Å². The molecule has 4 heteroatoms. The van der Waals surface area contributed by atoms with Crippen LogP contribution in [-0.2, 0) is 0 Å². The molecule has 0 aliphatic carbocycles. The Balaban J connectivity index is 2.67. The normalized spacial score (nSPS) is 9.20. The number of nitrogens with two attached hydrogens (primary N) is 2. The lowest BCUT2D eigenvalue weighted by atomic mass is 10.5. The third-order valence-corrected chi connectivity index (χ3v) is 0.991. The molecule has 0 spiro atoms. The number of guanidine groups is 1. The first-order chi connectivity index (χ1) is 4.79. The Hall–Kier alpha value is -1.42. The number of aromatic nitrogens is 1. The van der Waals surface area contributed by atoms with Gasteiger partial charge in [-0.25, -0.2) is 15.7 Å². The van der Waals surface area contributed by atoms with Gasteiger partial charge in [-0.3, -0.25) is 0 Å². The number of rotatable bonds is 1. The second kappa shape index (κ2) is 2.93. The Labute approximate surface area is 58.6 Å². The van der Waals surface area contributed by atoms with Gasteiger partial charge in [0.1, 0.15) is 0 Å². The Morgan fingerprint density at radius 1 is 1.60 bits per heavy atom. The summed E-state index contributed by atoms with van der Waals surface area (Å²) in [4.78, 5) is 3.94. The van der Waals surface area contributed by atoms with Gasteiger partial charge in [-0.2, -0.15) is 0 Å². The van der Waals surface area contributed by atoms with Gasteiger partial charge in [0.15, 0.2) is 0 Å². The van der Waals surface area contributed by atoms with E-state index in [2.05, 4.69) is 4.98 Å². The zero-order chi connectivity index (χ0) is 7.40. The number of pyridine rings is 1. The Morgan fingerprint density at radius 3 is 2.90 bits per heavy atom. The van der Waals surface area contributed by atoms with Crippen LogP contribution in [0.5, 0.6) is 0 Å². The van der Waals surface area contributed by atoms with Gasteiger partial charge in [-0.15, -0.1) is 0 Å². The van der Waals surface area contributed by atoms with Crippen molar-refractivity contribution in [3.05, 3.63) is 24.4 Å². The third kappa shape index (κ3) is 1.83. The highest BCUT2D eigenvalue weighted by molar-refractivity contribution is 5.65. The van der Waals surface area contributed by atoms with Crippen molar-refractivity contribution in [1.82, 2.24) is 4.98 Å². The van der Waals surface area contributed by atoms with Crippen molar-refractivity contribution in [2.75, 3.05) is 0 Å². The molecule has 0 saturated heterocycles. The fourth-order valence-corrected chi connectivity index (χ4v) is 0.621. The summed E-state index contributed by atoms with van der Waals surface area (Å²) in [6.45, 7) is 0. The molecule has 10 heavy (non-hydrogen) atoms. The van der Waals surface area contributed by atoms with Gasteiger partial charge in [-0.1, -0.05) is 6.07 Å². The third-order valence-electron chi connectivity index (χ3n) is 0.991. The van der Waals surface area contributed by atoms with E-state index in [9.17, 15) is 0 Å². The average molecular weight is 137 g/mol. The fourth-order valence-electron chi connectivity index (χ4n) is 0.621. The molecule has 52 valence electrons. The van der Waals surface area contributed by atoms with Gasteiger partial charge < -0.3 is 5.73 Å². The number of nitrogens with zero attached hydrogens (tertiary/aromatic N) is 1. The molecule has 1 heterocycles. The first-order valence-electron chi connectivity index (χ1n) is 2.89. The zero-order valence-electron chi connectivity index (χ0n) is 5.41. The van der Waals surface area contributed by atoms with Gasteiger partial charge in [0.2, 0.25) is 5.82 Å². The predicted octanol–water partition coefficient (Wildman–Crippen LogP) is -0.830. The van der Waals surface area contributed by atoms with Crippen LogP contribution in [0.2, 0.25) is 0 Å². The van der Waals surface area contributed by atoms with Crippen LogP contribution in [0.4, 0.5) is 5.82 Å².